The van der Waals surface area contributed by atoms with Gasteiger partial charge in [-0.05, 0) is 58.1 Å². The number of amides is 1. The summed E-state index contributed by atoms with van der Waals surface area (Å²) in [5.41, 5.74) is -2.43. The minimum atomic E-state index is -4.51. The van der Waals surface area contributed by atoms with Crippen molar-refractivity contribution in [3.63, 3.8) is 0 Å². The van der Waals surface area contributed by atoms with Crippen LogP contribution in [0.2, 0.25) is 0 Å². The maximum atomic E-state index is 13.6. The smallest absolute Gasteiger partial charge is 0.383 e. The number of methoxy groups -OCH3 is 1. The summed E-state index contributed by atoms with van der Waals surface area (Å²) in [5.74, 6) is -0.753. The van der Waals surface area contributed by atoms with Crippen molar-refractivity contribution in [3.05, 3.63) is 58.7 Å². The number of alkyl halides is 3. The van der Waals surface area contributed by atoms with Crippen LogP contribution in [-0.2, 0) is 10.9 Å². The molecule has 0 unspecified atom stereocenters. The first-order valence-corrected chi connectivity index (χ1v) is 12.5. The number of hydrogen-bond acceptors (Lipinski definition) is 6. The number of nitrogens with zero attached hydrogens (tertiary/aromatic N) is 5. The summed E-state index contributed by atoms with van der Waals surface area (Å²) in [6.45, 7) is 0.0638. The van der Waals surface area contributed by atoms with Crippen molar-refractivity contribution in [1.29, 1.82) is 0 Å². The van der Waals surface area contributed by atoms with Gasteiger partial charge in [-0.25, -0.2) is 9.97 Å². The summed E-state index contributed by atoms with van der Waals surface area (Å²) >= 11 is 0. The normalized spacial score (nSPS) is 26.4. The number of likely N-dealkylation sites (tertiary alicyclic amines) is 1. The van der Waals surface area contributed by atoms with Gasteiger partial charge in [0, 0.05) is 59.6 Å². The number of ether oxygens (including phenoxy) is 1. The van der Waals surface area contributed by atoms with E-state index in [1.807, 2.05) is 11.8 Å². The molecule has 0 aliphatic carbocycles. The first-order valence-electron chi connectivity index (χ1n) is 17.0. The van der Waals surface area contributed by atoms with Gasteiger partial charge in [-0.15, -0.1) is 0 Å². The number of carbonyl (C=O) groups excluding carboxylic acids is 1. The summed E-state index contributed by atoms with van der Waals surface area (Å²) in [6.07, 6.45) is -2.68. The van der Waals surface area contributed by atoms with Crippen molar-refractivity contribution < 1.29 is 35.0 Å². The molecule has 10 heteroatoms. The largest absolute Gasteiger partial charge is 0.416 e. The molecule has 2 aliphatic heterocycles. The molecule has 3 heterocycles. The van der Waals surface area contributed by atoms with Crippen LogP contribution in [0.15, 0.2) is 30.6 Å². The summed E-state index contributed by atoms with van der Waals surface area (Å²) in [7, 11) is -2.69. The first-order chi connectivity index (χ1) is 21.5. The molecule has 1 amide bonds. The lowest BCUT2D eigenvalue weighted by molar-refractivity contribution is -0.137. The Bertz CT molecular complexity index is 1380. The third-order valence-corrected chi connectivity index (χ3v) is 7.90. The van der Waals surface area contributed by atoms with Gasteiger partial charge in [-0.3, -0.25) is 14.6 Å². The molecule has 0 spiro atoms. The van der Waals surface area contributed by atoms with Gasteiger partial charge in [0.15, 0.2) is 0 Å². The van der Waals surface area contributed by atoms with Gasteiger partial charge in [0.1, 0.15) is 6.33 Å². The summed E-state index contributed by atoms with van der Waals surface area (Å²) in [6, 6.07) is 3.86. The monoisotopic (exact) mass is 542 g/mol. The molecule has 208 valence electrons. The number of carbonyl (C=O) groups is 1. The molecule has 0 bridgehead atoms. The lowest BCUT2D eigenvalue weighted by Gasteiger charge is -2.52. The van der Waals surface area contributed by atoms with E-state index in [1.165, 1.54) is 17.0 Å². The number of hydrogen-bond donors (Lipinski definition) is 0. The average Bonchev–Trinajstić information content (AvgIpc) is 2.96. The van der Waals surface area contributed by atoms with E-state index in [-0.39, 0.29) is 31.3 Å². The topological polar surface area (TPSA) is 61.8 Å². The van der Waals surface area contributed by atoms with Crippen LogP contribution in [0.1, 0.15) is 77.9 Å². The molecule has 2 atom stereocenters. The molecular weight excluding hydrogens is 495 g/mol. The van der Waals surface area contributed by atoms with Gasteiger partial charge >= 0.3 is 6.18 Å². The minimum Gasteiger partial charge on any atom is -0.383 e. The zero-order valence-electron chi connectivity index (χ0n) is 30.4. The van der Waals surface area contributed by atoms with Crippen LogP contribution >= 0.6 is 0 Å². The highest BCUT2D eigenvalue weighted by atomic mass is 19.4. The van der Waals surface area contributed by atoms with Gasteiger partial charge in [-0.2, -0.15) is 13.2 Å². The Morgan fingerprint density at radius 1 is 1.13 bits per heavy atom. The number of aryl methyl sites for hydroxylation is 2. The summed E-state index contributed by atoms with van der Waals surface area (Å²) < 4.78 is 114. The van der Waals surface area contributed by atoms with E-state index in [0.29, 0.717) is 38.0 Å². The lowest BCUT2D eigenvalue weighted by Crippen LogP contribution is -2.62. The zero-order chi connectivity index (χ0) is 35.2. The fourth-order valence-electron chi connectivity index (χ4n) is 5.54. The Hall–Kier alpha value is -2.56. The summed E-state index contributed by atoms with van der Waals surface area (Å²) in [4.78, 5) is 26.9. The third kappa shape index (κ3) is 5.87. The number of piperazine rings is 1. The number of rotatable bonds is 6. The lowest BCUT2D eigenvalue weighted by atomic mass is 9.86. The van der Waals surface area contributed by atoms with E-state index < -0.39 is 61.4 Å². The Labute approximate surface area is 235 Å². The number of halogens is 3. The molecule has 38 heavy (non-hydrogen) atoms. The third-order valence-electron chi connectivity index (χ3n) is 7.90. The second-order valence-electron chi connectivity index (χ2n) is 10.2. The zero-order valence-corrected chi connectivity index (χ0v) is 21.4. The maximum Gasteiger partial charge on any atom is 0.416 e. The molecule has 0 saturated carbocycles. The SMILES string of the molecule is [2H]C([2H])([2H])OC[C@@H](c1ccc(C(F)(F)F)cc1)N1CCN(C2(C)CCN(C(=O)c3c(C([2H])([2H])[2H])ncnc3C([2H])([2H])[2H])CC2)C[C@@H]1C. The van der Waals surface area contributed by atoms with E-state index in [4.69, 9.17) is 17.1 Å². The molecule has 1 aromatic heterocycles. The second kappa shape index (κ2) is 11.3. The quantitative estimate of drug-likeness (QED) is 0.536. The maximum absolute atomic E-state index is 13.6. The van der Waals surface area contributed by atoms with Gasteiger partial charge < -0.3 is 9.64 Å². The number of piperidine rings is 1. The van der Waals surface area contributed by atoms with Crippen LogP contribution < -0.4 is 0 Å². The van der Waals surface area contributed by atoms with Crippen LogP contribution in [0.5, 0.6) is 0 Å². The van der Waals surface area contributed by atoms with Crippen molar-refractivity contribution in [2.75, 3.05) is 46.4 Å². The second-order valence-corrected chi connectivity index (χ2v) is 10.2. The van der Waals surface area contributed by atoms with Crippen LogP contribution in [0.4, 0.5) is 13.2 Å². The van der Waals surface area contributed by atoms with E-state index in [9.17, 15) is 18.0 Å². The van der Waals surface area contributed by atoms with Crippen molar-refractivity contribution >= 4 is 5.91 Å². The fraction of sp³-hybridized carbons (Fsp3) is 0.607. The predicted octanol–water partition coefficient (Wildman–Crippen LogP) is 4.50. The van der Waals surface area contributed by atoms with Crippen LogP contribution in [0.3, 0.4) is 0 Å². The van der Waals surface area contributed by atoms with Gasteiger partial charge in [0.25, 0.3) is 5.91 Å². The van der Waals surface area contributed by atoms with E-state index in [2.05, 4.69) is 21.8 Å². The fourth-order valence-corrected chi connectivity index (χ4v) is 5.54. The molecule has 2 saturated heterocycles. The molecule has 0 radical (unpaired) electrons. The van der Waals surface area contributed by atoms with E-state index >= 15 is 0 Å². The van der Waals surface area contributed by atoms with Crippen LogP contribution in [-0.4, -0.2) is 88.5 Å². The molecular formula is C28H38F3N5O2. The molecule has 4 rings (SSSR count). The highest BCUT2D eigenvalue weighted by molar-refractivity contribution is 5.96. The molecule has 2 aromatic rings. The Balaban J connectivity index is 1.48. The molecule has 2 fully saturated rings. The molecule has 1 aromatic carbocycles. The van der Waals surface area contributed by atoms with Gasteiger partial charge in [0.05, 0.1) is 39.3 Å². The van der Waals surface area contributed by atoms with Crippen molar-refractivity contribution in [2.45, 2.75) is 64.2 Å². The number of aromatic nitrogens is 2. The van der Waals surface area contributed by atoms with Crippen molar-refractivity contribution in [3.8, 4) is 0 Å². The highest BCUT2D eigenvalue weighted by Crippen LogP contribution is 2.35. The standard InChI is InChI=1S/C28H38F3N5O2/c1-19-16-35(14-15-36(19)24(17-38-5)22-6-8-23(9-7-22)28(29,30)31)27(4)10-12-34(13-11-27)26(37)25-20(2)32-18-33-21(25)3/h6-9,18-19,24H,10-17H2,1-5H3/t19-,24-/m0/s1/i2D3,3D3,5D3. The van der Waals surface area contributed by atoms with E-state index in [1.54, 1.807) is 0 Å². The van der Waals surface area contributed by atoms with Crippen molar-refractivity contribution in [1.82, 2.24) is 24.7 Å². The van der Waals surface area contributed by atoms with Gasteiger partial charge in [-0.1, -0.05) is 12.1 Å². The van der Waals surface area contributed by atoms with Crippen LogP contribution in [0.25, 0.3) is 0 Å². The molecule has 0 N–H and O–H groups in total. The summed E-state index contributed by atoms with van der Waals surface area (Å²) in [5, 5.41) is 0. The molecule has 7 nitrogen and oxygen atoms in total. The van der Waals surface area contributed by atoms with E-state index in [0.717, 1.165) is 18.5 Å². The Morgan fingerprint density at radius 3 is 2.34 bits per heavy atom. The predicted molar refractivity (Wildman–Crippen MR) is 139 cm³/mol. The number of benzene rings is 1. The van der Waals surface area contributed by atoms with Crippen LogP contribution in [0, 0.1) is 13.7 Å². The van der Waals surface area contributed by atoms with Gasteiger partial charge in [0.2, 0.25) is 0 Å². The average molecular weight is 543 g/mol. The highest BCUT2D eigenvalue weighted by Gasteiger charge is 2.41. The Kier molecular flexibility index (Phi) is 5.54. The first kappa shape index (κ1) is 18.7. The van der Waals surface area contributed by atoms with Crippen molar-refractivity contribution in [2.24, 2.45) is 0 Å². The Morgan fingerprint density at radius 2 is 1.79 bits per heavy atom. The molecule has 2 aliphatic rings. The minimum absolute atomic E-state index is 0.155.